The van der Waals surface area contributed by atoms with E-state index in [1.165, 1.54) is 22.4 Å². The standard InChI is InChI=1S/C20H29N3O2/c1-14-18(15(2)23(22-14)8-9-24-5)13-21-12-16-6-7-19-17(10-16)11-20(3,4)25-19/h6-7,10,21H,8-9,11-13H2,1-5H3. The second-order valence-electron chi connectivity index (χ2n) is 7.45. The summed E-state index contributed by atoms with van der Waals surface area (Å²) in [6, 6.07) is 6.51. The van der Waals surface area contributed by atoms with Crippen molar-refractivity contribution in [1.82, 2.24) is 15.1 Å². The molecule has 25 heavy (non-hydrogen) atoms. The number of aromatic nitrogens is 2. The Morgan fingerprint density at radius 3 is 2.84 bits per heavy atom. The Bertz CT molecular complexity index is 750. The Hall–Kier alpha value is -1.85. The summed E-state index contributed by atoms with van der Waals surface area (Å²) in [5, 5.41) is 8.17. The van der Waals surface area contributed by atoms with E-state index in [1.807, 2.05) is 4.68 Å². The van der Waals surface area contributed by atoms with Crippen LogP contribution in [0.1, 0.15) is 41.9 Å². The zero-order valence-corrected chi connectivity index (χ0v) is 16.0. The van der Waals surface area contributed by atoms with Crippen LogP contribution in [0.2, 0.25) is 0 Å². The average molecular weight is 343 g/mol. The van der Waals surface area contributed by atoms with Crippen LogP contribution >= 0.6 is 0 Å². The Labute approximate surface area is 150 Å². The molecule has 5 nitrogen and oxygen atoms in total. The first kappa shape index (κ1) is 18.0. The largest absolute Gasteiger partial charge is 0.487 e. The SMILES string of the molecule is COCCn1nc(C)c(CNCc2ccc3c(c2)CC(C)(C)O3)c1C. The maximum absolute atomic E-state index is 5.95. The Morgan fingerprint density at radius 2 is 2.08 bits per heavy atom. The van der Waals surface area contributed by atoms with Crippen LogP contribution in [-0.2, 0) is 30.8 Å². The number of nitrogens with one attached hydrogen (secondary N) is 1. The summed E-state index contributed by atoms with van der Waals surface area (Å²) in [7, 11) is 1.72. The van der Waals surface area contributed by atoms with E-state index in [4.69, 9.17) is 9.47 Å². The van der Waals surface area contributed by atoms with Crippen molar-refractivity contribution in [2.75, 3.05) is 13.7 Å². The molecule has 0 spiro atoms. The molecule has 2 heterocycles. The minimum Gasteiger partial charge on any atom is -0.487 e. The number of aryl methyl sites for hydroxylation is 1. The van der Waals surface area contributed by atoms with Gasteiger partial charge in [0.2, 0.25) is 0 Å². The van der Waals surface area contributed by atoms with Crippen LogP contribution in [0.4, 0.5) is 0 Å². The highest BCUT2D eigenvalue weighted by atomic mass is 16.5. The Balaban J connectivity index is 1.60. The first-order chi connectivity index (χ1) is 11.9. The Morgan fingerprint density at radius 1 is 1.28 bits per heavy atom. The van der Waals surface area contributed by atoms with Gasteiger partial charge < -0.3 is 14.8 Å². The number of benzene rings is 1. The summed E-state index contributed by atoms with van der Waals surface area (Å²) in [5.74, 6) is 1.03. The lowest BCUT2D eigenvalue weighted by atomic mass is 10.0. The van der Waals surface area contributed by atoms with Gasteiger partial charge in [0.15, 0.2) is 0 Å². The van der Waals surface area contributed by atoms with Gasteiger partial charge in [0.1, 0.15) is 11.4 Å². The lowest BCUT2D eigenvalue weighted by Gasteiger charge is -2.16. The van der Waals surface area contributed by atoms with Crippen molar-refractivity contribution in [2.45, 2.75) is 59.4 Å². The molecule has 1 aromatic heterocycles. The molecule has 1 aromatic carbocycles. The van der Waals surface area contributed by atoms with Gasteiger partial charge in [0.25, 0.3) is 0 Å². The van der Waals surface area contributed by atoms with E-state index in [-0.39, 0.29) is 5.60 Å². The molecule has 0 bridgehead atoms. The minimum atomic E-state index is -0.0839. The van der Waals surface area contributed by atoms with Crippen LogP contribution in [0, 0.1) is 13.8 Å². The fourth-order valence-corrected chi connectivity index (χ4v) is 3.49. The predicted octanol–water partition coefficient (Wildman–Crippen LogP) is 3.15. The van der Waals surface area contributed by atoms with Gasteiger partial charge in [-0.05, 0) is 44.9 Å². The molecule has 0 saturated heterocycles. The summed E-state index contributed by atoms with van der Waals surface area (Å²) in [6.45, 7) is 11.6. The van der Waals surface area contributed by atoms with Crippen molar-refractivity contribution >= 4 is 0 Å². The summed E-state index contributed by atoms with van der Waals surface area (Å²) in [6.07, 6.45) is 0.973. The number of methoxy groups -OCH3 is 1. The third-order valence-corrected chi connectivity index (χ3v) is 4.80. The molecule has 0 aliphatic carbocycles. The van der Waals surface area contributed by atoms with E-state index >= 15 is 0 Å². The van der Waals surface area contributed by atoms with Crippen molar-refractivity contribution < 1.29 is 9.47 Å². The zero-order valence-electron chi connectivity index (χ0n) is 16.0. The molecule has 1 aliphatic rings. The Kier molecular flexibility index (Phi) is 5.16. The molecule has 0 fully saturated rings. The molecule has 0 amide bonds. The van der Waals surface area contributed by atoms with Gasteiger partial charge in [-0.2, -0.15) is 5.10 Å². The van der Waals surface area contributed by atoms with E-state index in [2.05, 4.69) is 56.3 Å². The van der Waals surface area contributed by atoms with Crippen molar-refractivity contribution in [1.29, 1.82) is 0 Å². The monoisotopic (exact) mass is 343 g/mol. The third kappa shape index (κ3) is 4.05. The normalized spacial score (nSPS) is 15.2. The second-order valence-corrected chi connectivity index (χ2v) is 7.45. The van der Waals surface area contributed by atoms with Gasteiger partial charge in [-0.3, -0.25) is 4.68 Å². The fraction of sp³-hybridized carbons (Fsp3) is 0.550. The van der Waals surface area contributed by atoms with Crippen LogP contribution in [0.3, 0.4) is 0 Å². The van der Waals surface area contributed by atoms with E-state index in [0.29, 0.717) is 6.61 Å². The second kappa shape index (κ2) is 7.18. The molecule has 0 atom stereocenters. The number of hydrogen-bond donors (Lipinski definition) is 1. The van der Waals surface area contributed by atoms with Crippen LogP contribution in [-0.4, -0.2) is 29.1 Å². The number of rotatable bonds is 7. The third-order valence-electron chi connectivity index (χ3n) is 4.80. The number of ether oxygens (including phenoxy) is 2. The van der Waals surface area contributed by atoms with Crippen molar-refractivity contribution in [3.8, 4) is 5.75 Å². The summed E-state index contributed by atoms with van der Waals surface area (Å²) < 4.78 is 13.1. The highest BCUT2D eigenvalue weighted by Gasteiger charge is 2.29. The van der Waals surface area contributed by atoms with E-state index < -0.39 is 0 Å². The van der Waals surface area contributed by atoms with Crippen LogP contribution in [0.15, 0.2) is 18.2 Å². The average Bonchev–Trinajstić information content (AvgIpc) is 3.00. The number of nitrogens with zero attached hydrogens (tertiary/aromatic N) is 2. The first-order valence-corrected chi connectivity index (χ1v) is 8.93. The lowest BCUT2D eigenvalue weighted by Crippen LogP contribution is -2.24. The topological polar surface area (TPSA) is 48.3 Å². The van der Waals surface area contributed by atoms with Crippen molar-refractivity contribution in [3.63, 3.8) is 0 Å². The molecule has 1 aliphatic heterocycles. The molecule has 3 rings (SSSR count). The molecule has 0 unspecified atom stereocenters. The summed E-state index contributed by atoms with van der Waals surface area (Å²) >= 11 is 0. The molecule has 1 N–H and O–H groups in total. The highest BCUT2D eigenvalue weighted by molar-refractivity contribution is 5.41. The fourth-order valence-electron chi connectivity index (χ4n) is 3.49. The van der Waals surface area contributed by atoms with Gasteiger partial charge in [-0.1, -0.05) is 12.1 Å². The molecule has 0 saturated carbocycles. The smallest absolute Gasteiger partial charge is 0.123 e. The summed E-state index contributed by atoms with van der Waals surface area (Å²) in [4.78, 5) is 0. The molecular weight excluding hydrogens is 314 g/mol. The summed E-state index contributed by atoms with van der Waals surface area (Å²) in [5.41, 5.74) is 6.10. The van der Waals surface area contributed by atoms with Crippen LogP contribution in [0.5, 0.6) is 5.75 Å². The lowest BCUT2D eigenvalue weighted by molar-refractivity contribution is 0.138. The van der Waals surface area contributed by atoms with E-state index in [1.54, 1.807) is 7.11 Å². The molecule has 136 valence electrons. The molecule has 2 aromatic rings. The molecular formula is C20H29N3O2. The van der Waals surface area contributed by atoms with Gasteiger partial charge in [0.05, 0.1) is 18.8 Å². The van der Waals surface area contributed by atoms with Gasteiger partial charge in [0, 0.05) is 37.9 Å². The van der Waals surface area contributed by atoms with Crippen LogP contribution in [0.25, 0.3) is 0 Å². The number of fused-ring (bicyclic) bond motifs is 1. The van der Waals surface area contributed by atoms with Crippen LogP contribution < -0.4 is 10.1 Å². The predicted molar refractivity (Wildman–Crippen MR) is 99.0 cm³/mol. The van der Waals surface area contributed by atoms with E-state index in [0.717, 1.165) is 37.5 Å². The van der Waals surface area contributed by atoms with Crippen molar-refractivity contribution in [3.05, 3.63) is 46.3 Å². The van der Waals surface area contributed by atoms with Gasteiger partial charge >= 0.3 is 0 Å². The molecule has 5 heteroatoms. The minimum absolute atomic E-state index is 0.0839. The first-order valence-electron chi connectivity index (χ1n) is 8.93. The van der Waals surface area contributed by atoms with Gasteiger partial charge in [-0.15, -0.1) is 0 Å². The van der Waals surface area contributed by atoms with Gasteiger partial charge in [-0.25, -0.2) is 0 Å². The zero-order chi connectivity index (χ0) is 18.0. The quantitative estimate of drug-likeness (QED) is 0.839. The maximum Gasteiger partial charge on any atom is 0.123 e. The van der Waals surface area contributed by atoms with Crippen molar-refractivity contribution in [2.24, 2.45) is 0 Å². The van der Waals surface area contributed by atoms with E-state index in [9.17, 15) is 0 Å². The number of hydrogen-bond acceptors (Lipinski definition) is 4. The maximum atomic E-state index is 5.95. The molecule has 0 radical (unpaired) electrons. The highest BCUT2D eigenvalue weighted by Crippen LogP contribution is 2.35.